The summed E-state index contributed by atoms with van der Waals surface area (Å²) in [5.74, 6) is 2.22. The van der Waals surface area contributed by atoms with Crippen LogP contribution in [-0.4, -0.2) is 35.1 Å². The highest BCUT2D eigenvalue weighted by molar-refractivity contribution is 6.30. The van der Waals surface area contributed by atoms with Crippen LogP contribution in [0.3, 0.4) is 0 Å². The predicted octanol–water partition coefficient (Wildman–Crippen LogP) is 5.92. The summed E-state index contributed by atoms with van der Waals surface area (Å²) < 4.78 is 0. The first-order valence-electron chi connectivity index (χ1n) is 13.2. The Bertz CT molecular complexity index is 911. The maximum absolute atomic E-state index is 13.3. The fourth-order valence-corrected chi connectivity index (χ4v) is 6.81. The molecule has 3 aliphatic rings. The Kier molecular flexibility index (Phi) is 8.34. The van der Waals surface area contributed by atoms with Crippen molar-refractivity contribution < 1.29 is 9.59 Å². The molecule has 186 valence electrons. The zero-order valence-electron chi connectivity index (χ0n) is 20.6. The van der Waals surface area contributed by atoms with E-state index in [1.807, 2.05) is 24.3 Å². The number of benzene rings is 1. The lowest BCUT2D eigenvalue weighted by molar-refractivity contribution is -0.131. The quantitative estimate of drug-likeness (QED) is 0.471. The summed E-state index contributed by atoms with van der Waals surface area (Å²) in [6.45, 7) is 0. The normalized spacial score (nSPS) is 28.2. The molecule has 0 bridgehead atoms. The van der Waals surface area contributed by atoms with Crippen molar-refractivity contribution >= 4 is 29.3 Å². The van der Waals surface area contributed by atoms with E-state index in [1.54, 1.807) is 11.9 Å². The van der Waals surface area contributed by atoms with Crippen molar-refractivity contribution in [3.63, 3.8) is 0 Å². The van der Waals surface area contributed by atoms with E-state index in [0.717, 1.165) is 50.5 Å². The SMILES string of the molecule is CN1C(=O)[C@@](CCC2CCCCC2)(C[C@H]2CCCC(CC(=O)Cc3cccc(Cl)c3)C2)N=C1N. The molecule has 2 aliphatic carbocycles. The number of rotatable bonds is 9. The highest BCUT2D eigenvalue weighted by atomic mass is 35.5. The number of guanidine groups is 1. The Hall–Kier alpha value is -1.88. The highest BCUT2D eigenvalue weighted by Gasteiger charge is 2.48. The minimum Gasteiger partial charge on any atom is -0.369 e. The van der Waals surface area contributed by atoms with Gasteiger partial charge < -0.3 is 5.73 Å². The average Bonchev–Trinajstić information content (AvgIpc) is 3.02. The van der Waals surface area contributed by atoms with Gasteiger partial charge in [-0.15, -0.1) is 0 Å². The molecular weight excluding hydrogens is 446 g/mol. The zero-order valence-corrected chi connectivity index (χ0v) is 21.4. The number of Topliss-reactive ketones (excluding diaryl/α,β-unsaturated/α-hetero) is 1. The molecule has 34 heavy (non-hydrogen) atoms. The number of halogens is 1. The number of carbonyl (C=O) groups is 2. The van der Waals surface area contributed by atoms with E-state index in [4.69, 9.17) is 22.3 Å². The van der Waals surface area contributed by atoms with Crippen molar-refractivity contribution in [2.75, 3.05) is 7.05 Å². The maximum atomic E-state index is 13.3. The predicted molar refractivity (Wildman–Crippen MR) is 138 cm³/mol. The van der Waals surface area contributed by atoms with Gasteiger partial charge in [-0.05, 0) is 61.1 Å². The van der Waals surface area contributed by atoms with Crippen molar-refractivity contribution in [2.24, 2.45) is 28.5 Å². The minimum atomic E-state index is -0.701. The van der Waals surface area contributed by atoms with E-state index in [2.05, 4.69) is 0 Å². The summed E-state index contributed by atoms with van der Waals surface area (Å²) in [7, 11) is 1.75. The monoisotopic (exact) mass is 485 g/mol. The van der Waals surface area contributed by atoms with Crippen molar-refractivity contribution in [3.8, 4) is 0 Å². The molecular formula is C28H40ClN3O2. The standard InChI is InChI=1S/C28H40ClN3O2/c1-32-26(34)28(31-27(32)30,14-13-20-7-3-2-4-8-20)19-23-11-5-9-21(15-23)17-25(33)18-22-10-6-12-24(29)16-22/h6,10,12,16,20-21,23H,2-5,7-9,11,13-15,17-19H2,1H3,(H2,30,31)/t21?,23-,28+/m0/s1. The van der Waals surface area contributed by atoms with Gasteiger partial charge in [0.25, 0.3) is 5.91 Å². The first-order valence-corrected chi connectivity index (χ1v) is 13.6. The topological polar surface area (TPSA) is 75.8 Å². The summed E-state index contributed by atoms with van der Waals surface area (Å²) in [5.41, 5.74) is 6.42. The second kappa shape index (κ2) is 11.2. The molecule has 1 aromatic rings. The number of nitrogens with zero attached hydrogens (tertiary/aromatic N) is 2. The Balaban J connectivity index is 1.37. The molecule has 1 amide bonds. The average molecular weight is 486 g/mol. The lowest BCUT2D eigenvalue weighted by atomic mass is 9.71. The number of amides is 1. The van der Waals surface area contributed by atoms with Crippen LogP contribution < -0.4 is 5.73 Å². The molecule has 0 radical (unpaired) electrons. The van der Waals surface area contributed by atoms with Gasteiger partial charge in [-0.2, -0.15) is 0 Å². The van der Waals surface area contributed by atoms with Crippen LogP contribution in [0.1, 0.15) is 89.0 Å². The molecule has 2 saturated carbocycles. The molecule has 1 aliphatic heterocycles. The molecule has 6 heteroatoms. The number of likely N-dealkylation sites (N-methyl/N-ethyl adjacent to an activating group) is 1. The second-order valence-electron chi connectivity index (χ2n) is 11.1. The summed E-state index contributed by atoms with van der Waals surface area (Å²) in [6, 6.07) is 7.58. The number of ketones is 1. The van der Waals surface area contributed by atoms with Gasteiger partial charge in [-0.1, -0.05) is 75.1 Å². The Morgan fingerprint density at radius 2 is 1.85 bits per heavy atom. The van der Waals surface area contributed by atoms with E-state index in [-0.39, 0.29) is 11.7 Å². The van der Waals surface area contributed by atoms with Crippen molar-refractivity contribution in [3.05, 3.63) is 34.9 Å². The molecule has 0 saturated heterocycles. The van der Waals surface area contributed by atoms with Gasteiger partial charge in [0, 0.05) is 24.9 Å². The minimum absolute atomic E-state index is 0.0694. The van der Waals surface area contributed by atoms with Gasteiger partial charge in [0.05, 0.1) is 0 Å². The Morgan fingerprint density at radius 1 is 1.12 bits per heavy atom. The third-order valence-electron chi connectivity index (χ3n) is 8.39. The maximum Gasteiger partial charge on any atom is 0.257 e. The fraction of sp³-hybridized carbons (Fsp3) is 0.679. The van der Waals surface area contributed by atoms with Crippen LogP contribution >= 0.6 is 11.6 Å². The molecule has 5 nitrogen and oxygen atoms in total. The van der Waals surface area contributed by atoms with E-state index in [1.165, 1.54) is 32.1 Å². The van der Waals surface area contributed by atoms with Crippen molar-refractivity contribution in [1.29, 1.82) is 0 Å². The molecule has 2 N–H and O–H groups in total. The summed E-state index contributed by atoms with van der Waals surface area (Å²) in [5, 5.41) is 0.674. The Morgan fingerprint density at radius 3 is 2.56 bits per heavy atom. The van der Waals surface area contributed by atoms with E-state index >= 15 is 0 Å². The Labute approximate surface area is 209 Å². The van der Waals surface area contributed by atoms with Crippen molar-refractivity contribution in [1.82, 2.24) is 4.90 Å². The van der Waals surface area contributed by atoms with Crippen LogP contribution in [0.5, 0.6) is 0 Å². The molecule has 0 spiro atoms. The fourth-order valence-electron chi connectivity index (χ4n) is 6.59. The zero-order chi connectivity index (χ0) is 24.1. The lowest BCUT2D eigenvalue weighted by Crippen LogP contribution is -2.44. The van der Waals surface area contributed by atoms with Crippen LogP contribution in [0.25, 0.3) is 0 Å². The van der Waals surface area contributed by atoms with E-state index in [9.17, 15) is 9.59 Å². The van der Waals surface area contributed by atoms with Gasteiger partial charge in [0.1, 0.15) is 11.3 Å². The first-order chi connectivity index (χ1) is 16.3. The summed E-state index contributed by atoms with van der Waals surface area (Å²) in [4.78, 5) is 32.5. The molecule has 1 unspecified atom stereocenters. The third-order valence-corrected chi connectivity index (χ3v) is 8.63. The number of hydrogen-bond donors (Lipinski definition) is 1. The van der Waals surface area contributed by atoms with Gasteiger partial charge in [0.2, 0.25) is 0 Å². The van der Waals surface area contributed by atoms with E-state index < -0.39 is 5.54 Å². The first kappa shape index (κ1) is 25.2. The largest absolute Gasteiger partial charge is 0.369 e. The second-order valence-corrected chi connectivity index (χ2v) is 11.5. The van der Waals surface area contributed by atoms with Crippen LogP contribution in [0, 0.1) is 17.8 Å². The van der Waals surface area contributed by atoms with Crippen molar-refractivity contribution in [2.45, 2.75) is 95.4 Å². The third kappa shape index (κ3) is 6.21. The smallest absolute Gasteiger partial charge is 0.257 e. The number of nitrogens with two attached hydrogens (primary N) is 1. The molecule has 0 aromatic heterocycles. The number of hydrogen-bond acceptors (Lipinski definition) is 4. The van der Waals surface area contributed by atoms with Crippen LogP contribution in [0.4, 0.5) is 0 Å². The van der Waals surface area contributed by atoms with Crippen LogP contribution in [0.15, 0.2) is 29.3 Å². The molecule has 1 aromatic carbocycles. The van der Waals surface area contributed by atoms with Gasteiger partial charge in [0.15, 0.2) is 5.96 Å². The van der Waals surface area contributed by atoms with Gasteiger partial charge >= 0.3 is 0 Å². The molecule has 1 heterocycles. The number of aliphatic imine (C=N–C) groups is 1. The van der Waals surface area contributed by atoms with E-state index in [0.29, 0.717) is 41.6 Å². The van der Waals surface area contributed by atoms with Gasteiger partial charge in [-0.25, -0.2) is 4.99 Å². The van der Waals surface area contributed by atoms with Crippen LogP contribution in [0.2, 0.25) is 5.02 Å². The molecule has 4 rings (SSSR count). The summed E-state index contributed by atoms with van der Waals surface area (Å²) in [6.07, 6.45) is 14.5. The van der Waals surface area contributed by atoms with Gasteiger partial charge in [-0.3, -0.25) is 14.5 Å². The highest BCUT2D eigenvalue weighted by Crippen LogP contribution is 2.42. The van der Waals surface area contributed by atoms with Crippen LogP contribution in [-0.2, 0) is 16.0 Å². The lowest BCUT2D eigenvalue weighted by Gasteiger charge is -2.35. The molecule has 3 atom stereocenters. The summed E-state index contributed by atoms with van der Waals surface area (Å²) >= 11 is 6.08. The number of carbonyl (C=O) groups excluding carboxylic acids is 2. The molecule has 2 fully saturated rings.